The Morgan fingerprint density at radius 2 is 1.70 bits per heavy atom. The Morgan fingerprint density at radius 3 is 2.30 bits per heavy atom. The number of benzene rings is 1. The fourth-order valence-corrected chi connectivity index (χ4v) is 3.40. The Kier molecular flexibility index (Phi) is 4.89. The Morgan fingerprint density at radius 1 is 1.04 bits per heavy atom. The third-order valence-electron chi connectivity index (χ3n) is 4.74. The molecule has 124 valence electrons. The standard InChI is InChI=1S/C19H25NO3/c1-22-17-11-7-14(13-18(17)23-2)8-12-19(21)20(16-9-10-16)15-5-3-4-6-15/h7-8,11-13,15-16H,3-6,9-10H2,1-2H3/b12-8+. The van der Waals surface area contributed by atoms with Crippen molar-refractivity contribution in [1.82, 2.24) is 4.90 Å². The van der Waals surface area contributed by atoms with Crippen LogP contribution >= 0.6 is 0 Å². The van der Waals surface area contributed by atoms with Crippen molar-refractivity contribution in [3.8, 4) is 11.5 Å². The van der Waals surface area contributed by atoms with Crippen LogP contribution in [0.1, 0.15) is 44.1 Å². The molecule has 2 fully saturated rings. The van der Waals surface area contributed by atoms with Crippen molar-refractivity contribution < 1.29 is 14.3 Å². The van der Waals surface area contributed by atoms with Crippen LogP contribution in [0.15, 0.2) is 24.3 Å². The highest BCUT2D eigenvalue weighted by atomic mass is 16.5. The molecule has 4 heteroatoms. The van der Waals surface area contributed by atoms with Gasteiger partial charge in [-0.05, 0) is 49.5 Å². The highest BCUT2D eigenvalue weighted by Gasteiger charge is 2.37. The summed E-state index contributed by atoms with van der Waals surface area (Å²) in [6.45, 7) is 0. The first kappa shape index (κ1) is 15.9. The van der Waals surface area contributed by atoms with Crippen LogP contribution in [0.4, 0.5) is 0 Å². The van der Waals surface area contributed by atoms with Gasteiger partial charge in [-0.15, -0.1) is 0 Å². The molecule has 2 saturated carbocycles. The fraction of sp³-hybridized carbons (Fsp3) is 0.526. The number of carbonyl (C=O) groups excluding carboxylic acids is 1. The molecule has 2 aliphatic carbocycles. The molecule has 0 N–H and O–H groups in total. The zero-order valence-electron chi connectivity index (χ0n) is 14.0. The van der Waals surface area contributed by atoms with Crippen molar-refractivity contribution >= 4 is 12.0 Å². The number of hydrogen-bond donors (Lipinski definition) is 0. The average molecular weight is 315 g/mol. The Bertz CT molecular complexity index is 586. The Hall–Kier alpha value is -1.97. The summed E-state index contributed by atoms with van der Waals surface area (Å²) in [5.74, 6) is 1.52. The molecule has 4 nitrogen and oxygen atoms in total. The number of carbonyl (C=O) groups is 1. The summed E-state index contributed by atoms with van der Waals surface area (Å²) in [6, 6.07) is 6.60. The maximum absolute atomic E-state index is 12.6. The largest absolute Gasteiger partial charge is 0.493 e. The number of hydrogen-bond acceptors (Lipinski definition) is 3. The lowest BCUT2D eigenvalue weighted by molar-refractivity contribution is -0.128. The molecule has 0 atom stereocenters. The van der Waals surface area contributed by atoms with E-state index in [1.165, 1.54) is 12.8 Å². The summed E-state index contributed by atoms with van der Waals surface area (Å²) in [6.07, 6.45) is 10.7. The minimum Gasteiger partial charge on any atom is -0.493 e. The van der Waals surface area contributed by atoms with Gasteiger partial charge >= 0.3 is 0 Å². The maximum Gasteiger partial charge on any atom is 0.247 e. The third-order valence-corrected chi connectivity index (χ3v) is 4.74. The quantitative estimate of drug-likeness (QED) is 0.752. The average Bonchev–Trinajstić information content (AvgIpc) is 3.26. The van der Waals surface area contributed by atoms with Crippen LogP contribution in [0.3, 0.4) is 0 Å². The molecule has 1 amide bonds. The topological polar surface area (TPSA) is 38.8 Å². The normalized spacial score (nSPS) is 18.3. The van der Waals surface area contributed by atoms with Gasteiger partial charge in [-0.1, -0.05) is 18.9 Å². The third kappa shape index (κ3) is 3.69. The van der Waals surface area contributed by atoms with Gasteiger partial charge in [0.1, 0.15) is 0 Å². The van der Waals surface area contributed by atoms with Crippen LogP contribution in [0.25, 0.3) is 6.08 Å². The predicted molar refractivity (Wildman–Crippen MR) is 90.7 cm³/mol. The number of nitrogens with zero attached hydrogens (tertiary/aromatic N) is 1. The summed E-state index contributed by atoms with van der Waals surface area (Å²) in [5.41, 5.74) is 0.943. The Labute approximate surface area is 138 Å². The van der Waals surface area contributed by atoms with Crippen molar-refractivity contribution in [3.05, 3.63) is 29.8 Å². The van der Waals surface area contributed by atoms with Crippen LogP contribution < -0.4 is 9.47 Å². The van der Waals surface area contributed by atoms with Gasteiger partial charge in [0.05, 0.1) is 14.2 Å². The van der Waals surface area contributed by atoms with E-state index in [0.29, 0.717) is 23.6 Å². The van der Waals surface area contributed by atoms with Gasteiger partial charge in [-0.25, -0.2) is 0 Å². The van der Waals surface area contributed by atoms with Gasteiger partial charge in [0.2, 0.25) is 5.91 Å². The smallest absolute Gasteiger partial charge is 0.247 e. The maximum atomic E-state index is 12.6. The van der Waals surface area contributed by atoms with E-state index in [0.717, 1.165) is 31.2 Å². The molecule has 1 aromatic rings. The molecule has 0 bridgehead atoms. The van der Waals surface area contributed by atoms with Gasteiger partial charge in [-0.2, -0.15) is 0 Å². The van der Waals surface area contributed by atoms with Crippen molar-refractivity contribution in [2.24, 2.45) is 0 Å². The molecule has 0 heterocycles. The molecule has 3 rings (SSSR count). The van der Waals surface area contributed by atoms with E-state index in [4.69, 9.17) is 9.47 Å². The number of amides is 1. The molecule has 0 spiro atoms. The van der Waals surface area contributed by atoms with Crippen LogP contribution in [0, 0.1) is 0 Å². The van der Waals surface area contributed by atoms with E-state index >= 15 is 0 Å². The van der Waals surface area contributed by atoms with Crippen LogP contribution in [0.5, 0.6) is 11.5 Å². The summed E-state index contributed by atoms with van der Waals surface area (Å²) >= 11 is 0. The van der Waals surface area contributed by atoms with Crippen LogP contribution in [0.2, 0.25) is 0 Å². The second-order valence-corrected chi connectivity index (χ2v) is 6.36. The summed E-state index contributed by atoms with van der Waals surface area (Å²) in [4.78, 5) is 14.8. The van der Waals surface area contributed by atoms with Crippen molar-refractivity contribution in [2.45, 2.75) is 50.6 Å². The van der Waals surface area contributed by atoms with Gasteiger partial charge < -0.3 is 14.4 Å². The zero-order chi connectivity index (χ0) is 16.2. The second kappa shape index (κ2) is 7.07. The number of ether oxygens (including phenoxy) is 2. The molecule has 0 radical (unpaired) electrons. The summed E-state index contributed by atoms with van der Waals surface area (Å²) in [5, 5.41) is 0. The lowest BCUT2D eigenvalue weighted by atomic mass is 10.1. The van der Waals surface area contributed by atoms with Gasteiger partial charge in [-0.3, -0.25) is 4.79 Å². The minimum atomic E-state index is 0.147. The first-order valence-corrected chi connectivity index (χ1v) is 8.45. The molecule has 0 unspecified atom stereocenters. The molecule has 0 saturated heterocycles. The van der Waals surface area contributed by atoms with Gasteiger partial charge in [0, 0.05) is 18.2 Å². The van der Waals surface area contributed by atoms with Gasteiger partial charge in [0.15, 0.2) is 11.5 Å². The molecule has 23 heavy (non-hydrogen) atoms. The highest BCUT2D eigenvalue weighted by Crippen LogP contribution is 2.35. The molecule has 0 aromatic heterocycles. The molecular formula is C19H25NO3. The first-order valence-electron chi connectivity index (χ1n) is 8.45. The summed E-state index contributed by atoms with van der Waals surface area (Å²) < 4.78 is 10.5. The van der Waals surface area contributed by atoms with Crippen LogP contribution in [-0.4, -0.2) is 37.1 Å². The van der Waals surface area contributed by atoms with Gasteiger partial charge in [0.25, 0.3) is 0 Å². The van der Waals surface area contributed by atoms with E-state index in [-0.39, 0.29) is 5.91 Å². The lowest BCUT2D eigenvalue weighted by Gasteiger charge is -2.28. The van der Waals surface area contributed by atoms with E-state index in [2.05, 4.69) is 4.90 Å². The highest BCUT2D eigenvalue weighted by molar-refractivity contribution is 5.92. The minimum absolute atomic E-state index is 0.147. The van der Waals surface area contributed by atoms with E-state index in [1.54, 1.807) is 20.3 Å². The predicted octanol–water partition coefficient (Wildman–Crippen LogP) is 3.65. The monoisotopic (exact) mass is 315 g/mol. The SMILES string of the molecule is COc1ccc(/C=C/C(=O)N(C2CCCC2)C2CC2)cc1OC. The van der Waals surface area contributed by atoms with Crippen molar-refractivity contribution in [3.63, 3.8) is 0 Å². The summed E-state index contributed by atoms with van der Waals surface area (Å²) in [7, 11) is 3.23. The molecular weight excluding hydrogens is 290 g/mol. The van der Waals surface area contributed by atoms with Crippen LogP contribution in [-0.2, 0) is 4.79 Å². The molecule has 0 aliphatic heterocycles. The fourth-order valence-electron chi connectivity index (χ4n) is 3.40. The molecule has 2 aliphatic rings. The zero-order valence-corrected chi connectivity index (χ0v) is 14.0. The first-order chi connectivity index (χ1) is 11.2. The number of methoxy groups -OCH3 is 2. The second-order valence-electron chi connectivity index (χ2n) is 6.36. The van der Waals surface area contributed by atoms with Crippen molar-refractivity contribution in [2.75, 3.05) is 14.2 Å². The lowest BCUT2D eigenvalue weighted by Crippen LogP contribution is -2.39. The van der Waals surface area contributed by atoms with E-state index in [9.17, 15) is 4.79 Å². The number of rotatable bonds is 6. The Balaban J connectivity index is 1.71. The molecule has 1 aromatic carbocycles. The van der Waals surface area contributed by atoms with E-state index < -0.39 is 0 Å². The van der Waals surface area contributed by atoms with Crippen molar-refractivity contribution in [1.29, 1.82) is 0 Å². The van der Waals surface area contributed by atoms with E-state index in [1.807, 2.05) is 24.3 Å².